The van der Waals surface area contributed by atoms with Gasteiger partial charge in [0.1, 0.15) is 18.5 Å². The van der Waals surface area contributed by atoms with Gasteiger partial charge in [-0.1, -0.05) is 0 Å². The van der Waals surface area contributed by atoms with E-state index in [2.05, 4.69) is 33.5 Å². The highest BCUT2D eigenvalue weighted by Gasteiger charge is 2.29. The molecule has 0 aromatic carbocycles. The molecule has 0 bridgehead atoms. The Bertz CT molecular complexity index is 687. The van der Waals surface area contributed by atoms with Gasteiger partial charge in [0.2, 0.25) is 0 Å². The quantitative estimate of drug-likeness (QED) is 0.765. The number of rotatable bonds is 7. The van der Waals surface area contributed by atoms with Crippen LogP contribution in [0.3, 0.4) is 0 Å². The molecular formula is C16H23N7O. The molecule has 0 saturated carbocycles. The summed E-state index contributed by atoms with van der Waals surface area (Å²) in [6.07, 6.45) is 5.78. The highest BCUT2D eigenvalue weighted by Crippen LogP contribution is 2.33. The lowest BCUT2D eigenvalue weighted by molar-refractivity contribution is -0.0326. The van der Waals surface area contributed by atoms with Crippen molar-refractivity contribution in [2.75, 3.05) is 19.7 Å². The van der Waals surface area contributed by atoms with E-state index in [1.165, 1.54) is 5.69 Å². The third-order valence-electron chi connectivity index (χ3n) is 4.35. The molecule has 0 radical (unpaired) electrons. The van der Waals surface area contributed by atoms with Gasteiger partial charge >= 0.3 is 0 Å². The third kappa shape index (κ3) is 3.80. The number of hydrogen-bond acceptors (Lipinski definition) is 6. The Labute approximate surface area is 141 Å². The van der Waals surface area contributed by atoms with Gasteiger partial charge in [-0.05, 0) is 25.8 Å². The first-order chi connectivity index (χ1) is 11.8. The standard InChI is InChI=1S/C16H23N7O/c1-2-23-14(5-6-20-23)16-13(4-3-9-24-16)11-18-7-8-22-12-19-15(10-17)21-22/h5-6,12-13,16,18H,2-4,7-9,11H2,1H3/t13-,16+/m0/s1. The molecule has 0 spiro atoms. The molecule has 1 N–H and O–H groups in total. The van der Waals surface area contributed by atoms with E-state index in [0.29, 0.717) is 12.5 Å². The van der Waals surface area contributed by atoms with E-state index >= 15 is 0 Å². The van der Waals surface area contributed by atoms with Crippen molar-refractivity contribution in [2.45, 2.75) is 39.0 Å². The molecule has 0 aliphatic carbocycles. The van der Waals surface area contributed by atoms with E-state index in [4.69, 9.17) is 10.00 Å². The summed E-state index contributed by atoms with van der Waals surface area (Å²) in [4.78, 5) is 3.90. The predicted octanol–water partition coefficient (Wildman–Crippen LogP) is 1.12. The fourth-order valence-corrected chi connectivity index (χ4v) is 3.16. The van der Waals surface area contributed by atoms with E-state index in [0.717, 1.165) is 39.1 Å². The molecule has 128 valence electrons. The summed E-state index contributed by atoms with van der Waals surface area (Å²) >= 11 is 0. The second-order valence-electron chi connectivity index (χ2n) is 5.91. The van der Waals surface area contributed by atoms with Crippen LogP contribution in [-0.2, 0) is 17.8 Å². The molecule has 1 aliphatic rings. The van der Waals surface area contributed by atoms with Crippen LogP contribution in [0.1, 0.15) is 37.4 Å². The minimum absolute atomic E-state index is 0.102. The normalized spacial score (nSPS) is 20.8. The zero-order chi connectivity index (χ0) is 16.8. The largest absolute Gasteiger partial charge is 0.372 e. The summed E-state index contributed by atoms with van der Waals surface area (Å²) in [6, 6.07) is 3.99. The maximum absolute atomic E-state index is 8.73. The fraction of sp³-hybridized carbons (Fsp3) is 0.625. The van der Waals surface area contributed by atoms with Gasteiger partial charge in [0.25, 0.3) is 5.82 Å². The fourth-order valence-electron chi connectivity index (χ4n) is 3.16. The lowest BCUT2D eigenvalue weighted by Crippen LogP contribution is -2.34. The molecule has 1 saturated heterocycles. The van der Waals surface area contributed by atoms with Gasteiger partial charge in [-0.2, -0.15) is 10.4 Å². The van der Waals surface area contributed by atoms with Crippen LogP contribution in [-0.4, -0.2) is 44.2 Å². The Kier molecular flexibility index (Phi) is 5.56. The van der Waals surface area contributed by atoms with Gasteiger partial charge in [-0.15, -0.1) is 5.10 Å². The zero-order valence-electron chi connectivity index (χ0n) is 13.9. The van der Waals surface area contributed by atoms with Crippen molar-refractivity contribution >= 4 is 0 Å². The van der Waals surface area contributed by atoms with Crippen molar-refractivity contribution < 1.29 is 4.74 Å². The second kappa shape index (κ2) is 8.04. The Morgan fingerprint density at radius 2 is 2.42 bits per heavy atom. The van der Waals surface area contributed by atoms with Gasteiger partial charge in [0.05, 0.1) is 12.2 Å². The summed E-state index contributed by atoms with van der Waals surface area (Å²) in [6.45, 7) is 6.13. The summed E-state index contributed by atoms with van der Waals surface area (Å²) < 4.78 is 9.75. The highest BCUT2D eigenvalue weighted by molar-refractivity contribution is 5.08. The maximum atomic E-state index is 8.73. The van der Waals surface area contributed by atoms with Crippen LogP contribution >= 0.6 is 0 Å². The van der Waals surface area contributed by atoms with Gasteiger partial charge in [-0.3, -0.25) is 9.36 Å². The Balaban J connectivity index is 1.52. The van der Waals surface area contributed by atoms with E-state index in [-0.39, 0.29) is 11.9 Å². The van der Waals surface area contributed by atoms with Crippen molar-refractivity contribution in [1.82, 2.24) is 29.9 Å². The predicted molar refractivity (Wildman–Crippen MR) is 86.9 cm³/mol. The van der Waals surface area contributed by atoms with E-state index < -0.39 is 0 Å². The van der Waals surface area contributed by atoms with Gasteiger partial charge in [0.15, 0.2) is 0 Å². The van der Waals surface area contributed by atoms with Gasteiger partial charge < -0.3 is 10.1 Å². The average molecular weight is 329 g/mol. The number of ether oxygens (including phenoxy) is 1. The zero-order valence-corrected chi connectivity index (χ0v) is 13.9. The van der Waals surface area contributed by atoms with Gasteiger partial charge in [0, 0.05) is 38.4 Å². The van der Waals surface area contributed by atoms with Crippen LogP contribution in [0.2, 0.25) is 0 Å². The molecule has 0 amide bonds. The van der Waals surface area contributed by atoms with Crippen LogP contribution in [0.4, 0.5) is 0 Å². The van der Waals surface area contributed by atoms with Crippen LogP contribution in [0.25, 0.3) is 0 Å². The molecule has 2 aromatic rings. The molecule has 2 aromatic heterocycles. The van der Waals surface area contributed by atoms with Crippen molar-refractivity contribution in [3.63, 3.8) is 0 Å². The minimum atomic E-state index is 0.102. The molecule has 3 rings (SSSR count). The van der Waals surface area contributed by atoms with E-state index in [1.807, 2.05) is 16.9 Å². The van der Waals surface area contributed by atoms with Crippen LogP contribution in [0.15, 0.2) is 18.6 Å². The molecule has 8 nitrogen and oxygen atoms in total. The first kappa shape index (κ1) is 16.6. The van der Waals surface area contributed by atoms with Crippen molar-refractivity contribution in [2.24, 2.45) is 5.92 Å². The molecule has 3 heterocycles. The minimum Gasteiger partial charge on any atom is -0.372 e. The smallest absolute Gasteiger partial charge is 0.252 e. The lowest BCUT2D eigenvalue weighted by atomic mass is 9.92. The Morgan fingerprint density at radius 1 is 1.50 bits per heavy atom. The highest BCUT2D eigenvalue weighted by atomic mass is 16.5. The van der Waals surface area contributed by atoms with E-state index in [9.17, 15) is 0 Å². The molecule has 24 heavy (non-hydrogen) atoms. The number of aromatic nitrogens is 5. The Hall–Kier alpha value is -2.24. The first-order valence-electron chi connectivity index (χ1n) is 8.45. The topological polar surface area (TPSA) is 93.6 Å². The van der Waals surface area contributed by atoms with Crippen molar-refractivity contribution in [3.05, 3.63) is 30.1 Å². The molecular weight excluding hydrogens is 306 g/mol. The first-order valence-corrected chi connectivity index (χ1v) is 8.45. The van der Waals surface area contributed by atoms with Crippen LogP contribution in [0.5, 0.6) is 0 Å². The second-order valence-corrected chi connectivity index (χ2v) is 5.91. The van der Waals surface area contributed by atoms with Crippen molar-refractivity contribution in [1.29, 1.82) is 5.26 Å². The number of hydrogen-bond donors (Lipinski definition) is 1. The van der Waals surface area contributed by atoms with E-state index in [1.54, 1.807) is 11.0 Å². The monoisotopic (exact) mass is 329 g/mol. The summed E-state index contributed by atoms with van der Waals surface area (Å²) in [5.41, 5.74) is 1.17. The van der Waals surface area contributed by atoms with Gasteiger partial charge in [-0.25, -0.2) is 4.98 Å². The molecule has 2 atom stereocenters. The number of nitrogens with one attached hydrogen (secondary N) is 1. The number of aryl methyl sites for hydroxylation is 1. The number of nitrogens with zero attached hydrogens (tertiary/aromatic N) is 6. The lowest BCUT2D eigenvalue weighted by Gasteiger charge is -2.32. The third-order valence-corrected chi connectivity index (χ3v) is 4.35. The average Bonchev–Trinajstić information content (AvgIpc) is 3.27. The van der Waals surface area contributed by atoms with Crippen molar-refractivity contribution in [3.8, 4) is 6.07 Å². The maximum Gasteiger partial charge on any atom is 0.252 e. The molecule has 1 aliphatic heterocycles. The summed E-state index contributed by atoms with van der Waals surface area (Å²) in [5.74, 6) is 0.648. The molecule has 1 fully saturated rings. The van der Waals surface area contributed by atoms with Crippen LogP contribution < -0.4 is 5.32 Å². The Morgan fingerprint density at radius 3 is 3.21 bits per heavy atom. The van der Waals surface area contributed by atoms with Crippen LogP contribution in [0, 0.1) is 17.2 Å². The number of nitriles is 1. The summed E-state index contributed by atoms with van der Waals surface area (Å²) in [7, 11) is 0. The SMILES string of the molecule is CCn1nccc1[C@@H]1OCCC[C@H]1CNCCn1cnc(C#N)n1. The molecule has 8 heteroatoms. The summed E-state index contributed by atoms with van der Waals surface area (Å²) in [5, 5.41) is 20.6. The molecule has 0 unspecified atom stereocenters.